The van der Waals surface area contributed by atoms with Crippen LogP contribution in [0.3, 0.4) is 0 Å². The Bertz CT molecular complexity index is 380. The van der Waals surface area contributed by atoms with E-state index in [0.717, 1.165) is 13.0 Å². The van der Waals surface area contributed by atoms with Gasteiger partial charge >= 0.3 is 0 Å². The number of aryl methyl sites for hydroxylation is 1. The van der Waals surface area contributed by atoms with Crippen molar-refractivity contribution in [1.82, 2.24) is 0 Å². The molecule has 82 valence electrons. The van der Waals surface area contributed by atoms with Gasteiger partial charge in [0.15, 0.2) is 0 Å². The van der Waals surface area contributed by atoms with E-state index < -0.39 is 0 Å². The van der Waals surface area contributed by atoms with Crippen LogP contribution in [0.4, 0.5) is 0 Å². The monoisotopic (exact) mass is 267 g/mol. The third-order valence-corrected chi connectivity index (χ3v) is 4.87. The van der Waals surface area contributed by atoms with E-state index in [2.05, 4.69) is 41.9 Å². The lowest BCUT2D eigenvalue weighted by molar-refractivity contribution is 0.519. The molecule has 2 heteroatoms. The smallest absolute Gasteiger partial charge is 0.0236 e. The molecule has 0 heterocycles. The van der Waals surface area contributed by atoms with Crippen molar-refractivity contribution in [2.24, 2.45) is 11.1 Å². The Labute approximate surface area is 100 Å². The van der Waals surface area contributed by atoms with Gasteiger partial charge in [-0.25, -0.2) is 0 Å². The Balaban J connectivity index is 2.26. The fourth-order valence-corrected chi connectivity index (χ4v) is 2.47. The van der Waals surface area contributed by atoms with E-state index in [1.165, 1.54) is 34.0 Å². The molecule has 0 aromatic heterocycles. The molecular formula is C13H18BrN. The third kappa shape index (κ3) is 2.11. The van der Waals surface area contributed by atoms with Crippen molar-refractivity contribution in [2.45, 2.75) is 33.1 Å². The second-order valence-corrected chi connectivity index (χ2v) is 5.65. The summed E-state index contributed by atoms with van der Waals surface area (Å²) >= 11 is 3.65. The molecule has 0 radical (unpaired) electrons. The minimum atomic E-state index is 0.430. The molecule has 0 saturated heterocycles. The third-order valence-electron chi connectivity index (χ3n) is 3.65. The topological polar surface area (TPSA) is 26.0 Å². The summed E-state index contributed by atoms with van der Waals surface area (Å²) in [6, 6.07) is 4.45. The molecule has 1 aliphatic carbocycles. The molecule has 1 aromatic rings. The molecule has 1 aromatic carbocycles. The first-order chi connectivity index (χ1) is 7.08. The molecule has 0 spiro atoms. The molecule has 2 N–H and O–H groups in total. The highest BCUT2D eigenvalue weighted by atomic mass is 79.9. The molecule has 1 aliphatic rings. The highest BCUT2D eigenvalue weighted by Gasteiger charge is 2.41. The summed E-state index contributed by atoms with van der Waals surface area (Å²) in [7, 11) is 0. The number of rotatable bonds is 3. The standard InChI is InChI=1S/C13H18BrN/c1-9-3-4-11(10(2)12(9)14)7-13(8-15)5-6-13/h3-4H,5-8,15H2,1-2H3. The fraction of sp³-hybridized carbons (Fsp3) is 0.538. The Hall–Kier alpha value is -0.340. The highest BCUT2D eigenvalue weighted by molar-refractivity contribution is 9.10. The quantitative estimate of drug-likeness (QED) is 0.893. The van der Waals surface area contributed by atoms with Crippen molar-refractivity contribution < 1.29 is 0 Å². The second-order valence-electron chi connectivity index (χ2n) is 4.86. The molecule has 0 amide bonds. The van der Waals surface area contributed by atoms with Crippen LogP contribution in [0.5, 0.6) is 0 Å². The van der Waals surface area contributed by atoms with Gasteiger partial charge in [-0.1, -0.05) is 28.1 Å². The van der Waals surface area contributed by atoms with Gasteiger partial charge in [0.2, 0.25) is 0 Å². The Morgan fingerprint density at radius 3 is 2.53 bits per heavy atom. The number of halogens is 1. The normalized spacial score (nSPS) is 17.9. The minimum absolute atomic E-state index is 0.430. The lowest BCUT2D eigenvalue weighted by Crippen LogP contribution is -2.18. The van der Waals surface area contributed by atoms with Gasteiger partial charge in [-0.05, 0) is 61.8 Å². The summed E-state index contributed by atoms with van der Waals surface area (Å²) in [5.74, 6) is 0. The SMILES string of the molecule is Cc1ccc(CC2(CN)CC2)c(C)c1Br. The maximum Gasteiger partial charge on any atom is 0.0236 e. The molecular weight excluding hydrogens is 250 g/mol. The van der Waals surface area contributed by atoms with Crippen LogP contribution >= 0.6 is 15.9 Å². The van der Waals surface area contributed by atoms with Gasteiger partial charge in [-0.2, -0.15) is 0 Å². The number of hydrogen-bond donors (Lipinski definition) is 1. The van der Waals surface area contributed by atoms with E-state index in [9.17, 15) is 0 Å². The molecule has 0 atom stereocenters. The van der Waals surface area contributed by atoms with Crippen LogP contribution in [0, 0.1) is 19.3 Å². The van der Waals surface area contributed by atoms with Gasteiger partial charge in [0.25, 0.3) is 0 Å². The van der Waals surface area contributed by atoms with Crippen LogP contribution in [0.2, 0.25) is 0 Å². The summed E-state index contributed by atoms with van der Waals surface area (Å²) in [6.45, 7) is 5.16. The van der Waals surface area contributed by atoms with Crippen LogP contribution in [0.25, 0.3) is 0 Å². The molecule has 0 aliphatic heterocycles. The van der Waals surface area contributed by atoms with Crippen molar-refractivity contribution in [3.05, 3.63) is 33.3 Å². The van der Waals surface area contributed by atoms with Crippen molar-refractivity contribution in [1.29, 1.82) is 0 Å². The lowest BCUT2D eigenvalue weighted by Gasteiger charge is -2.16. The Kier molecular flexibility index (Phi) is 2.91. The van der Waals surface area contributed by atoms with Gasteiger partial charge in [0.05, 0.1) is 0 Å². The zero-order valence-electron chi connectivity index (χ0n) is 9.44. The molecule has 0 bridgehead atoms. The zero-order valence-corrected chi connectivity index (χ0v) is 11.0. The van der Waals surface area contributed by atoms with Gasteiger partial charge < -0.3 is 5.73 Å². The molecule has 1 fully saturated rings. The maximum atomic E-state index is 5.82. The van der Waals surface area contributed by atoms with Crippen LogP contribution < -0.4 is 5.73 Å². The summed E-state index contributed by atoms with van der Waals surface area (Å²) in [6.07, 6.45) is 3.75. The van der Waals surface area contributed by atoms with Crippen LogP contribution in [0.1, 0.15) is 29.5 Å². The predicted molar refractivity (Wildman–Crippen MR) is 68.0 cm³/mol. The molecule has 1 nitrogen and oxygen atoms in total. The largest absolute Gasteiger partial charge is 0.330 e. The second kappa shape index (κ2) is 3.91. The first-order valence-electron chi connectivity index (χ1n) is 5.53. The van der Waals surface area contributed by atoms with Gasteiger partial charge in [0.1, 0.15) is 0 Å². The maximum absolute atomic E-state index is 5.82. The fourth-order valence-electron chi connectivity index (χ4n) is 2.09. The number of benzene rings is 1. The van der Waals surface area contributed by atoms with E-state index in [0.29, 0.717) is 5.41 Å². The summed E-state index contributed by atoms with van der Waals surface area (Å²) in [4.78, 5) is 0. The summed E-state index contributed by atoms with van der Waals surface area (Å²) < 4.78 is 1.26. The van der Waals surface area contributed by atoms with E-state index >= 15 is 0 Å². The Morgan fingerprint density at radius 1 is 1.33 bits per heavy atom. The molecule has 0 unspecified atom stereocenters. The van der Waals surface area contributed by atoms with E-state index in [-0.39, 0.29) is 0 Å². The molecule has 1 saturated carbocycles. The van der Waals surface area contributed by atoms with Crippen LogP contribution in [0.15, 0.2) is 16.6 Å². The molecule has 2 rings (SSSR count). The van der Waals surface area contributed by atoms with Gasteiger partial charge in [-0.3, -0.25) is 0 Å². The van der Waals surface area contributed by atoms with E-state index in [4.69, 9.17) is 5.73 Å². The van der Waals surface area contributed by atoms with Crippen molar-refractivity contribution >= 4 is 15.9 Å². The first-order valence-corrected chi connectivity index (χ1v) is 6.32. The molecule has 15 heavy (non-hydrogen) atoms. The average molecular weight is 268 g/mol. The zero-order chi connectivity index (χ0) is 11.1. The van der Waals surface area contributed by atoms with Crippen LogP contribution in [-0.4, -0.2) is 6.54 Å². The van der Waals surface area contributed by atoms with Gasteiger partial charge in [0, 0.05) is 4.47 Å². The number of hydrogen-bond acceptors (Lipinski definition) is 1. The minimum Gasteiger partial charge on any atom is -0.330 e. The van der Waals surface area contributed by atoms with Crippen molar-refractivity contribution in [3.8, 4) is 0 Å². The van der Waals surface area contributed by atoms with E-state index in [1.807, 2.05) is 0 Å². The van der Waals surface area contributed by atoms with Gasteiger partial charge in [-0.15, -0.1) is 0 Å². The van der Waals surface area contributed by atoms with Crippen molar-refractivity contribution in [2.75, 3.05) is 6.54 Å². The highest BCUT2D eigenvalue weighted by Crippen LogP contribution is 2.48. The van der Waals surface area contributed by atoms with E-state index in [1.54, 1.807) is 0 Å². The van der Waals surface area contributed by atoms with Crippen molar-refractivity contribution in [3.63, 3.8) is 0 Å². The average Bonchev–Trinajstić information content (AvgIpc) is 3.00. The summed E-state index contributed by atoms with van der Waals surface area (Å²) in [5, 5.41) is 0. The summed E-state index contributed by atoms with van der Waals surface area (Å²) in [5.41, 5.74) is 10.4. The number of nitrogens with two attached hydrogens (primary N) is 1. The predicted octanol–water partition coefficient (Wildman–Crippen LogP) is 3.35. The van der Waals surface area contributed by atoms with Crippen LogP contribution in [-0.2, 0) is 6.42 Å². The Morgan fingerprint density at radius 2 is 2.00 bits per heavy atom. The lowest BCUT2D eigenvalue weighted by atomic mass is 9.93. The first kappa shape index (κ1) is 11.2.